The number of benzene rings is 1. The molecule has 0 aliphatic heterocycles. The van der Waals surface area contributed by atoms with E-state index in [1.165, 1.54) is 7.11 Å². The van der Waals surface area contributed by atoms with Crippen LogP contribution in [0.25, 0.3) is 0 Å². The Kier molecular flexibility index (Phi) is 4.65. The van der Waals surface area contributed by atoms with E-state index in [1.54, 1.807) is 18.2 Å². The number of carbonyl (C=O) groups is 2. The second-order valence-electron chi connectivity index (χ2n) is 4.87. The second-order valence-corrected chi connectivity index (χ2v) is 5.79. The minimum Gasteiger partial charge on any atom is -0.469 e. The molecule has 1 aromatic rings. The summed E-state index contributed by atoms with van der Waals surface area (Å²) in [6, 6.07) is 4.94. The number of halogens is 1. The molecule has 0 radical (unpaired) electrons. The summed E-state index contributed by atoms with van der Waals surface area (Å²) in [6.07, 6.45) is 2.42. The molecule has 0 aromatic heterocycles. The number of rotatable bonds is 3. The molecule has 6 heteroatoms. The molecule has 1 saturated carbocycles. The van der Waals surface area contributed by atoms with Gasteiger partial charge in [-0.15, -0.1) is 0 Å². The number of hydrogen-bond donors (Lipinski definition) is 2. The second kappa shape index (κ2) is 6.26. The molecule has 1 amide bonds. The van der Waals surface area contributed by atoms with Crippen LogP contribution < -0.4 is 11.1 Å². The first kappa shape index (κ1) is 14.8. The van der Waals surface area contributed by atoms with E-state index in [1.807, 2.05) is 0 Å². The van der Waals surface area contributed by atoms with E-state index in [0.717, 1.165) is 23.7 Å². The maximum Gasteiger partial charge on any atom is 0.310 e. The Morgan fingerprint density at radius 2 is 2.15 bits per heavy atom. The number of amides is 1. The lowest BCUT2D eigenvalue weighted by Gasteiger charge is -2.19. The Morgan fingerprint density at radius 1 is 1.40 bits per heavy atom. The molecule has 1 aliphatic carbocycles. The zero-order valence-electron chi connectivity index (χ0n) is 11.2. The van der Waals surface area contributed by atoms with Crippen molar-refractivity contribution in [3.05, 3.63) is 28.2 Å². The molecule has 0 spiro atoms. The maximum atomic E-state index is 12.3. The summed E-state index contributed by atoms with van der Waals surface area (Å²) in [6.45, 7) is 0. The van der Waals surface area contributed by atoms with Gasteiger partial charge < -0.3 is 15.8 Å². The lowest BCUT2D eigenvalue weighted by Crippen LogP contribution is -2.40. The Balaban J connectivity index is 2.11. The number of esters is 1. The highest BCUT2D eigenvalue weighted by Gasteiger charge is 2.35. The standard InChI is InChI=1S/C14H17BrN2O3/c1-20-14(19)9-3-2-4-12(9)17-13(18)10-7-8(15)5-6-11(10)16/h5-7,9,12H,2-4,16H2,1H3,(H,17,18). The van der Waals surface area contributed by atoms with Crippen LogP contribution in [0.1, 0.15) is 29.6 Å². The first-order valence-electron chi connectivity index (χ1n) is 6.46. The van der Waals surface area contributed by atoms with Gasteiger partial charge in [-0.25, -0.2) is 0 Å². The van der Waals surface area contributed by atoms with E-state index < -0.39 is 0 Å². The molecule has 3 N–H and O–H groups in total. The number of methoxy groups -OCH3 is 1. The normalized spacial score (nSPS) is 21.5. The van der Waals surface area contributed by atoms with Gasteiger partial charge in [-0.1, -0.05) is 22.4 Å². The SMILES string of the molecule is COC(=O)C1CCCC1NC(=O)c1cc(Br)ccc1N. The fourth-order valence-corrected chi connectivity index (χ4v) is 2.90. The summed E-state index contributed by atoms with van der Waals surface area (Å²) in [5, 5.41) is 2.89. The Bertz CT molecular complexity index is 533. The van der Waals surface area contributed by atoms with Crippen molar-refractivity contribution in [1.29, 1.82) is 0 Å². The van der Waals surface area contributed by atoms with Crippen LogP contribution in [0.15, 0.2) is 22.7 Å². The topological polar surface area (TPSA) is 81.4 Å². The van der Waals surface area contributed by atoms with Gasteiger partial charge in [-0.3, -0.25) is 9.59 Å². The number of nitrogen functional groups attached to an aromatic ring is 1. The molecular formula is C14H17BrN2O3. The highest BCUT2D eigenvalue weighted by atomic mass is 79.9. The van der Waals surface area contributed by atoms with Crippen LogP contribution in [0.2, 0.25) is 0 Å². The van der Waals surface area contributed by atoms with Crippen molar-refractivity contribution >= 4 is 33.5 Å². The van der Waals surface area contributed by atoms with E-state index >= 15 is 0 Å². The highest BCUT2D eigenvalue weighted by Crippen LogP contribution is 2.27. The van der Waals surface area contributed by atoms with Crippen molar-refractivity contribution in [2.45, 2.75) is 25.3 Å². The van der Waals surface area contributed by atoms with Crippen LogP contribution in [-0.4, -0.2) is 25.0 Å². The van der Waals surface area contributed by atoms with Crippen molar-refractivity contribution in [1.82, 2.24) is 5.32 Å². The van der Waals surface area contributed by atoms with Gasteiger partial charge in [0.2, 0.25) is 0 Å². The van der Waals surface area contributed by atoms with E-state index in [2.05, 4.69) is 21.2 Å². The number of hydrogen-bond acceptors (Lipinski definition) is 4. The van der Waals surface area contributed by atoms with Gasteiger partial charge in [-0.2, -0.15) is 0 Å². The third-order valence-corrected chi connectivity index (χ3v) is 4.09. The number of ether oxygens (including phenoxy) is 1. The van der Waals surface area contributed by atoms with Gasteiger partial charge in [0.1, 0.15) is 0 Å². The maximum absolute atomic E-state index is 12.3. The van der Waals surface area contributed by atoms with E-state index in [0.29, 0.717) is 11.3 Å². The quantitative estimate of drug-likeness (QED) is 0.652. The molecule has 1 aliphatic rings. The van der Waals surface area contributed by atoms with Crippen molar-refractivity contribution in [3.8, 4) is 0 Å². The molecule has 20 heavy (non-hydrogen) atoms. The number of carbonyl (C=O) groups excluding carboxylic acids is 2. The average molecular weight is 341 g/mol. The van der Waals surface area contributed by atoms with Crippen LogP contribution in [0.3, 0.4) is 0 Å². The summed E-state index contributed by atoms with van der Waals surface area (Å²) in [7, 11) is 1.37. The van der Waals surface area contributed by atoms with Gasteiger partial charge in [0.15, 0.2) is 0 Å². The summed E-state index contributed by atoms with van der Waals surface area (Å²) in [4.78, 5) is 23.9. The van der Waals surface area contributed by atoms with Crippen molar-refractivity contribution < 1.29 is 14.3 Å². The lowest BCUT2D eigenvalue weighted by molar-refractivity contribution is -0.145. The Morgan fingerprint density at radius 3 is 2.85 bits per heavy atom. The Labute approximate surface area is 126 Å². The molecule has 108 valence electrons. The predicted molar refractivity (Wildman–Crippen MR) is 79.2 cm³/mol. The third-order valence-electron chi connectivity index (χ3n) is 3.60. The molecule has 2 rings (SSSR count). The smallest absolute Gasteiger partial charge is 0.310 e. The highest BCUT2D eigenvalue weighted by molar-refractivity contribution is 9.10. The van der Waals surface area contributed by atoms with Crippen LogP contribution in [-0.2, 0) is 9.53 Å². The predicted octanol–water partition coefficient (Wildman–Crippen LogP) is 2.10. The van der Waals surface area contributed by atoms with Gasteiger partial charge in [0.05, 0.1) is 18.6 Å². The zero-order valence-corrected chi connectivity index (χ0v) is 12.8. The van der Waals surface area contributed by atoms with Crippen molar-refractivity contribution in [3.63, 3.8) is 0 Å². The fourth-order valence-electron chi connectivity index (χ4n) is 2.54. The monoisotopic (exact) mass is 340 g/mol. The fraction of sp³-hybridized carbons (Fsp3) is 0.429. The van der Waals surface area contributed by atoms with Crippen LogP contribution >= 0.6 is 15.9 Å². The van der Waals surface area contributed by atoms with E-state index in [9.17, 15) is 9.59 Å². The zero-order chi connectivity index (χ0) is 14.7. The van der Waals surface area contributed by atoms with E-state index in [4.69, 9.17) is 10.5 Å². The number of anilines is 1. The van der Waals surface area contributed by atoms with Crippen LogP contribution in [0.4, 0.5) is 5.69 Å². The van der Waals surface area contributed by atoms with Gasteiger partial charge in [-0.05, 0) is 31.0 Å². The first-order chi connectivity index (χ1) is 9.52. The summed E-state index contributed by atoms with van der Waals surface area (Å²) < 4.78 is 5.56. The van der Waals surface area contributed by atoms with Gasteiger partial charge >= 0.3 is 5.97 Å². The third kappa shape index (κ3) is 3.12. The largest absolute Gasteiger partial charge is 0.469 e. The van der Waals surface area contributed by atoms with E-state index in [-0.39, 0.29) is 23.8 Å². The molecule has 5 nitrogen and oxygen atoms in total. The molecule has 1 aromatic carbocycles. The summed E-state index contributed by atoms with van der Waals surface area (Å²) in [5.74, 6) is -0.794. The molecule has 0 bridgehead atoms. The number of nitrogens with two attached hydrogens (primary N) is 1. The van der Waals surface area contributed by atoms with Crippen molar-refractivity contribution in [2.24, 2.45) is 5.92 Å². The number of nitrogens with one attached hydrogen (secondary N) is 1. The first-order valence-corrected chi connectivity index (χ1v) is 7.26. The van der Waals surface area contributed by atoms with Crippen molar-refractivity contribution in [2.75, 3.05) is 12.8 Å². The molecule has 0 saturated heterocycles. The molecule has 0 heterocycles. The lowest BCUT2D eigenvalue weighted by atomic mass is 10.0. The minimum atomic E-state index is -0.269. The molecule has 2 atom stereocenters. The summed E-state index contributed by atoms with van der Waals surface area (Å²) >= 11 is 3.31. The summed E-state index contributed by atoms with van der Waals surface area (Å²) in [5.41, 5.74) is 6.64. The molecule has 1 fully saturated rings. The Hall–Kier alpha value is -1.56. The average Bonchev–Trinajstić information content (AvgIpc) is 2.88. The minimum absolute atomic E-state index is 0.187. The van der Waals surface area contributed by atoms with Gasteiger partial charge in [0.25, 0.3) is 5.91 Å². The van der Waals surface area contributed by atoms with Gasteiger partial charge in [0, 0.05) is 16.2 Å². The van der Waals surface area contributed by atoms with Crippen LogP contribution in [0, 0.1) is 5.92 Å². The molecular weight excluding hydrogens is 324 g/mol. The molecule has 2 unspecified atom stereocenters. The van der Waals surface area contributed by atoms with Crippen LogP contribution in [0.5, 0.6) is 0 Å².